The quantitative estimate of drug-likeness (QED) is 0.146. The normalized spacial score (nSPS) is 18.4. The van der Waals surface area contributed by atoms with Gasteiger partial charge in [-0.1, -0.05) is 66.7 Å². The van der Waals surface area contributed by atoms with Crippen molar-refractivity contribution in [3.8, 4) is 39.6 Å². The smallest absolute Gasteiger partial charge is 0.352 e. The van der Waals surface area contributed by atoms with E-state index < -0.39 is 8.07 Å². The first kappa shape index (κ1) is 22.6. The van der Waals surface area contributed by atoms with Crippen LogP contribution in [0.4, 0.5) is 11.4 Å². The van der Waals surface area contributed by atoms with Crippen molar-refractivity contribution in [3.63, 3.8) is 0 Å². The maximum absolute atomic E-state index is 6.90. The van der Waals surface area contributed by atoms with Crippen LogP contribution in [-0.4, -0.2) is 17.6 Å². The van der Waals surface area contributed by atoms with Gasteiger partial charge in [0.05, 0.1) is 16.9 Å². The fraction of sp³-hybridized carbons (Fsp3) is 0. The lowest BCUT2D eigenvalue weighted by atomic mass is 10.1. The van der Waals surface area contributed by atoms with Gasteiger partial charge < -0.3 is 4.74 Å². The van der Waals surface area contributed by atoms with Crippen molar-refractivity contribution < 1.29 is 14.1 Å². The Morgan fingerprint density at radius 1 is 0.609 bits per heavy atom. The van der Waals surface area contributed by atoms with Gasteiger partial charge in [-0.15, -0.1) is 0 Å². The lowest BCUT2D eigenvalue weighted by molar-refractivity contribution is -1.02. The minimum absolute atomic E-state index is 0.360. The topological polar surface area (TPSA) is 34.8 Å². The van der Waals surface area contributed by atoms with E-state index in [9.17, 15) is 0 Å². The van der Waals surface area contributed by atoms with E-state index in [0.717, 1.165) is 28.6 Å². The summed E-state index contributed by atoms with van der Waals surface area (Å²) in [4.78, 5) is 5.55. The summed E-state index contributed by atoms with van der Waals surface area (Å²) in [6, 6.07) is 42.6. The van der Waals surface area contributed by atoms with Crippen LogP contribution in [0, 0.1) is 0 Å². The highest BCUT2D eigenvalue weighted by atomic mass is 28.3. The van der Waals surface area contributed by atoms with E-state index in [2.05, 4.69) is 142 Å². The molecule has 5 aliphatic rings. The summed E-state index contributed by atoms with van der Waals surface area (Å²) >= 11 is 0. The summed E-state index contributed by atoms with van der Waals surface area (Å²) in [6.45, 7) is 0. The first-order valence-electron chi connectivity index (χ1n) is 15.8. The second kappa shape index (κ2) is 6.99. The van der Waals surface area contributed by atoms with Gasteiger partial charge in [0.15, 0.2) is 11.9 Å². The van der Waals surface area contributed by atoms with Crippen LogP contribution >= 0.6 is 0 Å². The maximum Gasteiger partial charge on any atom is 0.352 e. The van der Waals surface area contributed by atoms with Crippen LogP contribution in [0.3, 0.4) is 0 Å². The van der Waals surface area contributed by atoms with Crippen molar-refractivity contribution in [2.45, 2.75) is 0 Å². The molecule has 13 rings (SSSR count). The summed E-state index contributed by atoms with van der Waals surface area (Å²) in [6.07, 6.45) is 6.50. The van der Waals surface area contributed by atoms with Crippen molar-refractivity contribution in [2.75, 3.05) is 0 Å². The molecule has 46 heavy (non-hydrogen) atoms. The molecule has 0 amide bonds. The predicted molar refractivity (Wildman–Crippen MR) is 179 cm³/mol. The molecule has 4 aromatic carbocycles. The summed E-state index contributed by atoms with van der Waals surface area (Å²) < 4.78 is 14.7. The van der Waals surface area contributed by atoms with Gasteiger partial charge >= 0.3 is 11.3 Å². The molecule has 1 unspecified atom stereocenters. The Kier molecular flexibility index (Phi) is 3.43. The molecule has 9 heterocycles. The van der Waals surface area contributed by atoms with Crippen LogP contribution < -0.4 is 39.7 Å². The number of aromatic nitrogens is 4. The Morgan fingerprint density at radius 3 is 2.20 bits per heavy atom. The molecule has 0 saturated carbocycles. The predicted octanol–water partition coefficient (Wildman–Crippen LogP) is 4.39. The number of para-hydroxylation sites is 2. The van der Waals surface area contributed by atoms with Crippen LogP contribution in [0.25, 0.3) is 50.0 Å². The van der Waals surface area contributed by atoms with Crippen LogP contribution in [0.15, 0.2) is 134 Å². The minimum atomic E-state index is -2.87. The maximum atomic E-state index is 6.90. The van der Waals surface area contributed by atoms with E-state index in [1.807, 2.05) is 6.20 Å². The fourth-order valence-corrected chi connectivity index (χ4v) is 15.2. The Balaban J connectivity index is 1.37. The number of ether oxygens (including phenoxy) is 1. The molecule has 0 bridgehead atoms. The van der Waals surface area contributed by atoms with E-state index in [1.54, 1.807) is 0 Å². The molecular weight excluding hydrogens is 583 g/mol. The Labute approximate surface area is 263 Å². The zero-order valence-electron chi connectivity index (χ0n) is 24.3. The van der Waals surface area contributed by atoms with Crippen molar-refractivity contribution in [2.24, 2.45) is 0 Å². The Hall–Kier alpha value is -5.89. The van der Waals surface area contributed by atoms with Crippen LogP contribution in [0.5, 0.6) is 11.5 Å². The van der Waals surface area contributed by atoms with Gasteiger partial charge in [0, 0.05) is 32.1 Å². The second-order valence-corrected chi connectivity index (χ2v) is 16.5. The molecule has 5 aliphatic heterocycles. The van der Waals surface area contributed by atoms with Gasteiger partial charge in [0.1, 0.15) is 15.8 Å². The molecule has 0 radical (unpaired) electrons. The largest absolute Gasteiger partial charge is 0.442 e. The molecule has 210 valence electrons. The van der Waals surface area contributed by atoms with Gasteiger partial charge in [-0.05, 0) is 57.9 Å². The van der Waals surface area contributed by atoms with E-state index in [4.69, 9.17) is 9.72 Å². The van der Waals surface area contributed by atoms with Crippen molar-refractivity contribution in [1.82, 2.24) is 14.3 Å². The first-order chi connectivity index (χ1) is 22.8. The van der Waals surface area contributed by atoms with Gasteiger partial charge in [0.25, 0.3) is 11.4 Å². The number of pyridine rings is 3. The van der Waals surface area contributed by atoms with E-state index in [0.29, 0.717) is 4.70 Å². The van der Waals surface area contributed by atoms with Gasteiger partial charge in [-0.2, -0.15) is 4.57 Å². The molecule has 0 saturated heterocycles. The molecule has 0 aliphatic carbocycles. The molecular formula is C39H22N5OSi+3. The van der Waals surface area contributed by atoms with Crippen molar-refractivity contribution >= 4 is 62.3 Å². The van der Waals surface area contributed by atoms with E-state index in [-0.39, 0.29) is 0 Å². The fourth-order valence-electron chi connectivity index (χ4n) is 9.83. The number of hydrogen-bond donors (Lipinski definition) is 0. The SMILES string of the molecule is c1ccc2c(c1)-c1ccccc1[Si]21c2ncc3c4c2-n2c5c1cccc5c1ccc[n+](c12)[N+]41c2c(cccc2-c2cccc[n+]21)O3. The molecule has 8 aromatic rings. The third-order valence-corrected chi connectivity index (χ3v) is 16.0. The third-order valence-electron chi connectivity index (χ3n) is 11.2. The average Bonchev–Trinajstić information content (AvgIpc) is 3.72. The minimum Gasteiger partial charge on any atom is -0.442 e. The van der Waals surface area contributed by atoms with Crippen LogP contribution in [-0.2, 0) is 0 Å². The zero-order valence-corrected chi connectivity index (χ0v) is 25.3. The molecule has 0 N–H and O–H groups in total. The standard InChI is InChI=1S/C39H22N5OSi/c1-3-17-31-23(10-1)24-11-2-4-18-32(24)46(31)33-19-8-12-25-26-14-9-21-42-39(26)43(34(25)33)35-37-30(22-40-38(35)46)45-29-16-7-13-27-28-15-5-6-20-41(28)44(37,42)36(27)29/h1-22H/q+3. The Morgan fingerprint density at radius 2 is 1.33 bits per heavy atom. The summed E-state index contributed by atoms with van der Waals surface area (Å²) in [5.41, 5.74) is 10.9. The number of nitrogens with zero attached hydrogens (tertiary/aromatic N) is 5. The monoisotopic (exact) mass is 604 g/mol. The highest BCUT2D eigenvalue weighted by Gasteiger charge is 2.72. The Bertz CT molecular complexity index is 2750. The molecule has 4 aromatic heterocycles. The average molecular weight is 605 g/mol. The highest BCUT2D eigenvalue weighted by Crippen LogP contribution is 2.59. The molecule has 1 atom stereocenters. The number of quaternary nitrogens is 1. The van der Waals surface area contributed by atoms with Gasteiger partial charge in [0.2, 0.25) is 25.7 Å². The number of hydrogen-bond acceptors (Lipinski definition) is 2. The van der Waals surface area contributed by atoms with Gasteiger partial charge in [-0.25, -0.2) is 0 Å². The van der Waals surface area contributed by atoms with Crippen molar-refractivity contribution in [3.05, 3.63) is 134 Å². The van der Waals surface area contributed by atoms with E-state index in [1.165, 1.54) is 65.2 Å². The summed E-state index contributed by atoms with van der Waals surface area (Å²) in [7, 11) is -2.87. The lowest BCUT2D eigenvalue weighted by Crippen LogP contribution is -2.85. The molecule has 6 nitrogen and oxygen atoms in total. The molecule has 0 fully saturated rings. The third kappa shape index (κ3) is 2.00. The number of fused-ring (bicyclic) bond motifs is 10. The zero-order chi connectivity index (χ0) is 29.5. The lowest BCUT2D eigenvalue weighted by Gasteiger charge is -2.37. The number of rotatable bonds is 0. The van der Waals surface area contributed by atoms with Crippen molar-refractivity contribution in [1.29, 1.82) is 0 Å². The first-order valence-corrected chi connectivity index (χ1v) is 17.8. The van der Waals surface area contributed by atoms with E-state index >= 15 is 0 Å². The second-order valence-electron chi connectivity index (χ2n) is 12.9. The summed E-state index contributed by atoms with van der Waals surface area (Å²) in [5.74, 6) is 1.66. The molecule has 7 heteroatoms. The summed E-state index contributed by atoms with van der Waals surface area (Å²) in [5, 5.41) is 7.95. The van der Waals surface area contributed by atoms with Crippen LogP contribution in [0.2, 0.25) is 0 Å². The van der Waals surface area contributed by atoms with Gasteiger partial charge in [-0.3, -0.25) is 4.98 Å². The highest BCUT2D eigenvalue weighted by molar-refractivity contribution is 7.23. The number of benzene rings is 4. The van der Waals surface area contributed by atoms with Crippen LogP contribution in [0.1, 0.15) is 0 Å². The molecule has 2 spiro atoms.